The maximum absolute atomic E-state index is 3.89. The molecule has 4 aromatic rings. The molecule has 0 aliphatic carbocycles. The summed E-state index contributed by atoms with van der Waals surface area (Å²) in [6, 6.07) is 19.9. The average molecular weight is 297 g/mol. The summed E-state index contributed by atoms with van der Waals surface area (Å²) < 4.78 is 0. The summed E-state index contributed by atoms with van der Waals surface area (Å²) >= 11 is 0. The van der Waals surface area contributed by atoms with Crippen LogP contribution in [0.15, 0.2) is 79.9 Å². The minimum absolute atomic E-state index is 0.815. The summed E-state index contributed by atoms with van der Waals surface area (Å²) in [4.78, 5) is 2.31. The van der Waals surface area contributed by atoms with Gasteiger partial charge in [-0.25, -0.2) is 0 Å². The predicted molar refractivity (Wildman–Crippen MR) is 103 cm³/mol. The minimum Gasteiger partial charge on any atom is -0.364 e. The molecular weight excluding hydrogens is 278 g/mol. The van der Waals surface area contributed by atoms with E-state index in [-0.39, 0.29) is 0 Å². The van der Waals surface area contributed by atoms with Crippen molar-refractivity contribution in [1.29, 1.82) is 0 Å². The predicted octanol–water partition coefficient (Wildman–Crippen LogP) is 5.76. The summed E-state index contributed by atoms with van der Waals surface area (Å²) in [5.41, 5.74) is 1.25. The first-order valence-electron chi connectivity index (χ1n) is 7.97. The zero-order valence-corrected chi connectivity index (χ0v) is 13.1. The SMILES string of the molecule is C=CCN(CC=C)c1ccc2ccc3cccc4ccc1c2c34. The summed E-state index contributed by atoms with van der Waals surface area (Å²) in [5, 5.41) is 7.92. The number of anilines is 1. The maximum atomic E-state index is 3.89. The van der Waals surface area contributed by atoms with E-state index in [1.54, 1.807) is 0 Å². The van der Waals surface area contributed by atoms with Crippen LogP contribution in [-0.2, 0) is 0 Å². The summed E-state index contributed by atoms with van der Waals surface area (Å²) in [5.74, 6) is 0. The summed E-state index contributed by atoms with van der Waals surface area (Å²) in [6.07, 6.45) is 3.89. The van der Waals surface area contributed by atoms with Gasteiger partial charge >= 0.3 is 0 Å². The second-order valence-corrected chi connectivity index (χ2v) is 5.92. The molecule has 0 unspecified atom stereocenters. The molecule has 0 saturated heterocycles. The fourth-order valence-corrected chi connectivity index (χ4v) is 3.58. The molecule has 0 N–H and O–H groups in total. The second-order valence-electron chi connectivity index (χ2n) is 5.92. The molecular formula is C22H19N. The zero-order chi connectivity index (χ0) is 15.8. The highest BCUT2D eigenvalue weighted by atomic mass is 15.1. The quantitative estimate of drug-likeness (QED) is 0.334. The molecule has 1 heteroatoms. The smallest absolute Gasteiger partial charge is 0.0452 e. The first kappa shape index (κ1) is 13.8. The Morgan fingerprint density at radius 1 is 0.696 bits per heavy atom. The molecule has 0 radical (unpaired) electrons. The highest BCUT2D eigenvalue weighted by Crippen LogP contribution is 2.38. The third-order valence-corrected chi connectivity index (χ3v) is 4.55. The Labute approximate surface area is 136 Å². The fourth-order valence-electron chi connectivity index (χ4n) is 3.58. The van der Waals surface area contributed by atoms with Crippen LogP contribution < -0.4 is 4.90 Å². The van der Waals surface area contributed by atoms with Crippen molar-refractivity contribution in [3.63, 3.8) is 0 Å². The van der Waals surface area contributed by atoms with Gasteiger partial charge in [0.25, 0.3) is 0 Å². The van der Waals surface area contributed by atoms with Crippen molar-refractivity contribution in [3.05, 3.63) is 79.9 Å². The first-order chi connectivity index (χ1) is 11.3. The Hall–Kier alpha value is -2.80. The van der Waals surface area contributed by atoms with Crippen LogP contribution in [0.1, 0.15) is 0 Å². The van der Waals surface area contributed by atoms with Crippen molar-refractivity contribution < 1.29 is 0 Å². The minimum atomic E-state index is 0.815. The van der Waals surface area contributed by atoms with E-state index in [9.17, 15) is 0 Å². The molecule has 0 spiro atoms. The third kappa shape index (κ3) is 2.08. The van der Waals surface area contributed by atoms with Gasteiger partial charge in [-0.15, -0.1) is 13.2 Å². The monoisotopic (exact) mass is 297 g/mol. The molecule has 0 heterocycles. The van der Waals surface area contributed by atoms with Crippen molar-refractivity contribution in [2.75, 3.05) is 18.0 Å². The molecule has 0 saturated carbocycles. The average Bonchev–Trinajstić information content (AvgIpc) is 2.59. The number of benzene rings is 4. The van der Waals surface area contributed by atoms with E-state index in [0.717, 1.165) is 13.1 Å². The van der Waals surface area contributed by atoms with E-state index in [1.807, 2.05) is 12.2 Å². The van der Waals surface area contributed by atoms with Crippen molar-refractivity contribution in [1.82, 2.24) is 0 Å². The van der Waals surface area contributed by atoms with Crippen LogP contribution in [0, 0.1) is 0 Å². The van der Waals surface area contributed by atoms with Crippen molar-refractivity contribution in [2.45, 2.75) is 0 Å². The molecule has 0 atom stereocenters. The van der Waals surface area contributed by atoms with Crippen molar-refractivity contribution in [3.8, 4) is 0 Å². The molecule has 112 valence electrons. The lowest BCUT2D eigenvalue weighted by Crippen LogP contribution is -2.23. The molecule has 4 rings (SSSR count). The van der Waals surface area contributed by atoms with Gasteiger partial charge in [-0.05, 0) is 33.0 Å². The maximum Gasteiger partial charge on any atom is 0.0452 e. The van der Waals surface area contributed by atoms with Gasteiger partial charge in [0.2, 0.25) is 0 Å². The Morgan fingerprint density at radius 3 is 1.91 bits per heavy atom. The van der Waals surface area contributed by atoms with Gasteiger partial charge < -0.3 is 4.90 Å². The molecule has 0 amide bonds. The van der Waals surface area contributed by atoms with Gasteiger partial charge in [-0.3, -0.25) is 0 Å². The van der Waals surface area contributed by atoms with Gasteiger partial charge in [-0.2, -0.15) is 0 Å². The van der Waals surface area contributed by atoms with Gasteiger partial charge in [-0.1, -0.05) is 60.7 Å². The van der Waals surface area contributed by atoms with Crippen LogP contribution in [0.25, 0.3) is 32.3 Å². The van der Waals surface area contributed by atoms with Gasteiger partial charge in [0.1, 0.15) is 0 Å². The molecule has 0 aliphatic heterocycles. The van der Waals surface area contributed by atoms with Gasteiger partial charge in [0.05, 0.1) is 0 Å². The van der Waals surface area contributed by atoms with Crippen LogP contribution >= 0.6 is 0 Å². The second kappa shape index (κ2) is 5.44. The topological polar surface area (TPSA) is 3.24 Å². The Morgan fingerprint density at radius 2 is 1.26 bits per heavy atom. The molecule has 1 nitrogen and oxygen atoms in total. The normalized spacial score (nSPS) is 11.3. The van der Waals surface area contributed by atoms with Crippen molar-refractivity contribution >= 4 is 38.0 Å². The Balaban J connectivity index is 2.10. The third-order valence-electron chi connectivity index (χ3n) is 4.55. The molecule has 23 heavy (non-hydrogen) atoms. The highest BCUT2D eigenvalue weighted by molar-refractivity contribution is 6.25. The van der Waals surface area contributed by atoms with E-state index in [2.05, 4.69) is 72.7 Å². The van der Waals surface area contributed by atoms with E-state index < -0.39 is 0 Å². The summed E-state index contributed by atoms with van der Waals surface area (Å²) in [6.45, 7) is 9.42. The van der Waals surface area contributed by atoms with Crippen LogP contribution in [0.3, 0.4) is 0 Å². The lowest BCUT2D eigenvalue weighted by Gasteiger charge is -2.24. The first-order valence-corrected chi connectivity index (χ1v) is 7.97. The molecule has 0 aliphatic rings. The Kier molecular flexibility index (Phi) is 3.27. The van der Waals surface area contributed by atoms with Gasteiger partial charge in [0, 0.05) is 24.2 Å². The van der Waals surface area contributed by atoms with E-state index in [0.29, 0.717) is 0 Å². The number of nitrogens with zero attached hydrogens (tertiary/aromatic N) is 1. The van der Waals surface area contributed by atoms with E-state index in [4.69, 9.17) is 0 Å². The van der Waals surface area contributed by atoms with Crippen molar-refractivity contribution in [2.24, 2.45) is 0 Å². The number of hydrogen-bond donors (Lipinski definition) is 0. The number of rotatable bonds is 5. The van der Waals surface area contributed by atoms with Crippen LogP contribution in [0.2, 0.25) is 0 Å². The molecule has 0 bridgehead atoms. The Bertz CT molecular complexity index is 987. The van der Waals surface area contributed by atoms with E-state index in [1.165, 1.54) is 38.0 Å². The fraction of sp³-hybridized carbons (Fsp3) is 0.0909. The number of hydrogen-bond acceptors (Lipinski definition) is 1. The van der Waals surface area contributed by atoms with Crippen LogP contribution in [0.5, 0.6) is 0 Å². The molecule has 4 aromatic carbocycles. The highest BCUT2D eigenvalue weighted by Gasteiger charge is 2.13. The lowest BCUT2D eigenvalue weighted by molar-refractivity contribution is 0.963. The summed E-state index contributed by atoms with van der Waals surface area (Å²) in [7, 11) is 0. The molecule has 0 aromatic heterocycles. The van der Waals surface area contributed by atoms with Gasteiger partial charge in [0.15, 0.2) is 0 Å². The largest absolute Gasteiger partial charge is 0.364 e. The molecule has 0 fully saturated rings. The van der Waals surface area contributed by atoms with E-state index >= 15 is 0 Å². The zero-order valence-electron chi connectivity index (χ0n) is 13.1. The van der Waals surface area contributed by atoms with Crippen LogP contribution in [-0.4, -0.2) is 13.1 Å². The lowest BCUT2D eigenvalue weighted by atomic mass is 9.93. The van der Waals surface area contributed by atoms with Crippen LogP contribution in [0.4, 0.5) is 5.69 Å². The standard InChI is InChI=1S/C22H19N/c1-3-14-23(15-4-2)20-13-11-18-9-8-16-6-5-7-17-10-12-19(20)22(18)21(16)17/h3-13H,1-2,14-15H2.